The second kappa shape index (κ2) is 11.5. The Hall–Kier alpha value is -4.79. The molecule has 220 valence electrons. The van der Waals surface area contributed by atoms with Gasteiger partial charge in [0.15, 0.2) is 11.5 Å². The van der Waals surface area contributed by atoms with Crippen LogP contribution in [0.3, 0.4) is 0 Å². The van der Waals surface area contributed by atoms with Gasteiger partial charge in [0.25, 0.3) is 5.91 Å². The van der Waals surface area contributed by atoms with Crippen molar-refractivity contribution in [3.63, 3.8) is 0 Å². The number of thioether (sulfide) groups is 1. The van der Waals surface area contributed by atoms with E-state index in [1.165, 1.54) is 31.0 Å². The molecule has 0 unspecified atom stereocenters. The van der Waals surface area contributed by atoms with Crippen molar-refractivity contribution in [1.82, 2.24) is 24.9 Å². The summed E-state index contributed by atoms with van der Waals surface area (Å²) in [7, 11) is 0. The number of imidazole rings is 1. The first-order valence-corrected chi connectivity index (χ1v) is 14.1. The van der Waals surface area contributed by atoms with Gasteiger partial charge in [-0.1, -0.05) is 0 Å². The predicted octanol–water partition coefficient (Wildman–Crippen LogP) is 6.26. The Morgan fingerprint density at radius 1 is 1.00 bits per heavy atom. The number of fused-ring (bicyclic) bond motifs is 1. The number of aromatic nitrogens is 5. The van der Waals surface area contributed by atoms with Gasteiger partial charge in [0.2, 0.25) is 0 Å². The first kappa shape index (κ1) is 28.3. The van der Waals surface area contributed by atoms with Crippen molar-refractivity contribution >= 4 is 51.7 Å². The maximum Gasteiger partial charge on any atom is 0.418 e. The highest BCUT2D eigenvalue weighted by molar-refractivity contribution is 7.99. The molecule has 1 amide bonds. The summed E-state index contributed by atoms with van der Waals surface area (Å²) in [6.07, 6.45) is -0.603. The molecule has 3 aromatic heterocycles. The molecule has 6 rings (SSSR count). The Morgan fingerprint density at radius 2 is 1.81 bits per heavy atom. The van der Waals surface area contributed by atoms with Crippen LogP contribution in [0.5, 0.6) is 0 Å². The second-order valence-electron chi connectivity index (χ2n) is 9.42. The lowest BCUT2D eigenvalue weighted by molar-refractivity contribution is -0.137. The van der Waals surface area contributed by atoms with Gasteiger partial charge < -0.3 is 20.5 Å². The fraction of sp³-hybridized carbons (Fsp3) is 0.179. The zero-order chi connectivity index (χ0) is 30.1. The molecule has 2 aromatic carbocycles. The van der Waals surface area contributed by atoms with Crippen LogP contribution in [-0.4, -0.2) is 55.4 Å². The van der Waals surface area contributed by atoms with Crippen molar-refractivity contribution in [2.45, 2.75) is 6.18 Å². The summed E-state index contributed by atoms with van der Waals surface area (Å²) >= 11 is 1.65. The summed E-state index contributed by atoms with van der Waals surface area (Å²) in [5.41, 5.74) is -0.812. The SMILES string of the molecule is O=C(Nc1ccc(F)c(Nc2ncccc2-c2ncnc3nc[nH]c23)c1F)c1ccc(N2CCSCC2)c(C(F)(F)F)c1. The molecule has 15 heteroatoms. The zero-order valence-corrected chi connectivity index (χ0v) is 22.9. The molecular weight excluding hydrogens is 591 g/mol. The Morgan fingerprint density at radius 3 is 2.60 bits per heavy atom. The molecule has 0 atom stereocenters. The van der Waals surface area contributed by atoms with Gasteiger partial charge in [-0.2, -0.15) is 24.9 Å². The molecule has 5 aromatic rings. The number of carbonyl (C=O) groups is 1. The van der Waals surface area contributed by atoms with Crippen molar-refractivity contribution in [2.75, 3.05) is 40.1 Å². The third-order valence-corrected chi connectivity index (χ3v) is 7.73. The molecule has 0 saturated carbocycles. The van der Waals surface area contributed by atoms with Crippen molar-refractivity contribution in [3.05, 3.63) is 84.1 Å². The normalized spacial score (nSPS) is 13.7. The lowest BCUT2D eigenvalue weighted by atomic mass is 10.1. The van der Waals surface area contributed by atoms with Crippen molar-refractivity contribution in [1.29, 1.82) is 0 Å². The number of anilines is 4. The molecule has 9 nitrogen and oxygen atoms in total. The van der Waals surface area contributed by atoms with E-state index in [9.17, 15) is 22.4 Å². The summed E-state index contributed by atoms with van der Waals surface area (Å²) in [5, 5.41) is 4.89. The van der Waals surface area contributed by atoms with Crippen LogP contribution in [-0.2, 0) is 6.18 Å². The van der Waals surface area contributed by atoms with Crippen LogP contribution < -0.4 is 15.5 Å². The number of halogens is 5. The molecule has 1 fully saturated rings. The molecule has 0 radical (unpaired) electrons. The fourth-order valence-electron chi connectivity index (χ4n) is 4.73. The standard InChI is InChI=1S/C28H21F5N8OS/c29-18-4-5-19(39-27(42)15-3-6-20(17(12-15)28(31,32)33)41-8-10-43-11-9-41)21(30)23(18)40-25-16(2-1-7-34-25)22-24-26(37-13-35-22)38-14-36-24/h1-7,12-14H,8-11H2,(H,34,40)(H,39,42)(H,35,36,37,38). The molecule has 1 aliphatic rings. The number of alkyl halides is 3. The summed E-state index contributed by atoms with van der Waals surface area (Å²) in [5.74, 6) is -1.76. The van der Waals surface area contributed by atoms with Gasteiger partial charge in [-0.3, -0.25) is 4.79 Å². The number of benzene rings is 2. The lowest BCUT2D eigenvalue weighted by Crippen LogP contribution is -2.34. The number of nitrogens with zero attached hydrogens (tertiary/aromatic N) is 5. The molecule has 1 aliphatic heterocycles. The van der Waals surface area contributed by atoms with Crippen LogP contribution in [0.25, 0.3) is 22.4 Å². The van der Waals surface area contributed by atoms with Crippen LogP contribution in [0.2, 0.25) is 0 Å². The number of hydrogen-bond donors (Lipinski definition) is 3. The van der Waals surface area contributed by atoms with Gasteiger partial charge in [0.05, 0.1) is 17.6 Å². The summed E-state index contributed by atoms with van der Waals surface area (Å²) in [6.45, 7) is 0.885. The smallest absolute Gasteiger partial charge is 0.369 e. The van der Waals surface area contributed by atoms with Gasteiger partial charge in [-0.15, -0.1) is 0 Å². The highest BCUT2D eigenvalue weighted by Crippen LogP contribution is 2.39. The van der Waals surface area contributed by atoms with Gasteiger partial charge in [-0.25, -0.2) is 28.7 Å². The van der Waals surface area contributed by atoms with E-state index >= 15 is 4.39 Å². The Bertz CT molecular complexity index is 1820. The first-order chi connectivity index (χ1) is 20.7. The van der Waals surface area contributed by atoms with Crippen molar-refractivity contribution in [2.24, 2.45) is 0 Å². The van der Waals surface area contributed by atoms with Crippen LogP contribution in [0.15, 0.2) is 61.3 Å². The highest BCUT2D eigenvalue weighted by atomic mass is 32.2. The Balaban J connectivity index is 1.30. The number of pyridine rings is 1. The molecule has 1 saturated heterocycles. The van der Waals surface area contributed by atoms with E-state index in [4.69, 9.17) is 0 Å². The zero-order valence-electron chi connectivity index (χ0n) is 22.0. The van der Waals surface area contributed by atoms with Crippen LogP contribution in [0.4, 0.5) is 44.8 Å². The van der Waals surface area contributed by atoms with Gasteiger partial charge >= 0.3 is 6.18 Å². The fourth-order valence-corrected chi connectivity index (χ4v) is 5.63. The van der Waals surface area contributed by atoms with Crippen LogP contribution in [0.1, 0.15) is 15.9 Å². The van der Waals surface area contributed by atoms with Gasteiger partial charge in [0.1, 0.15) is 34.9 Å². The van der Waals surface area contributed by atoms with Crippen molar-refractivity contribution < 1.29 is 26.7 Å². The number of aromatic amines is 1. The molecular formula is C28H21F5N8OS. The number of hydrogen-bond acceptors (Lipinski definition) is 8. The Kier molecular flexibility index (Phi) is 7.56. The van der Waals surface area contributed by atoms with E-state index in [2.05, 4.69) is 35.6 Å². The van der Waals surface area contributed by atoms with Crippen LogP contribution in [0, 0.1) is 11.6 Å². The largest absolute Gasteiger partial charge is 0.418 e. The van der Waals surface area contributed by atoms with E-state index in [1.807, 2.05) is 0 Å². The molecule has 4 heterocycles. The number of H-pyrrole nitrogens is 1. The van der Waals surface area contributed by atoms with Crippen molar-refractivity contribution in [3.8, 4) is 11.3 Å². The van der Waals surface area contributed by atoms with E-state index in [-0.39, 0.29) is 17.1 Å². The minimum Gasteiger partial charge on any atom is -0.369 e. The Labute approximate surface area is 245 Å². The molecule has 0 spiro atoms. The monoisotopic (exact) mass is 612 g/mol. The first-order valence-electron chi connectivity index (χ1n) is 12.9. The minimum atomic E-state index is -4.72. The lowest BCUT2D eigenvalue weighted by Gasteiger charge is -2.31. The molecule has 3 N–H and O–H groups in total. The predicted molar refractivity (Wildman–Crippen MR) is 153 cm³/mol. The summed E-state index contributed by atoms with van der Waals surface area (Å²) in [4.78, 5) is 34.2. The maximum absolute atomic E-state index is 15.6. The van der Waals surface area contributed by atoms with E-state index < -0.39 is 40.7 Å². The average molecular weight is 613 g/mol. The molecule has 43 heavy (non-hydrogen) atoms. The number of carbonyl (C=O) groups excluding carboxylic acids is 1. The summed E-state index contributed by atoms with van der Waals surface area (Å²) < 4.78 is 72.5. The number of amides is 1. The summed E-state index contributed by atoms with van der Waals surface area (Å²) in [6, 6.07) is 8.37. The van der Waals surface area contributed by atoms with Gasteiger partial charge in [0, 0.05) is 47.6 Å². The average Bonchev–Trinajstić information content (AvgIpc) is 3.50. The maximum atomic E-state index is 15.6. The van der Waals surface area contributed by atoms with Gasteiger partial charge in [-0.05, 0) is 42.5 Å². The van der Waals surface area contributed by atoms with E-state index in [0.717, 1.165) is 18.2 Å². The minimum absolute atomic E-state index is 0.0222. The third kappa shape index (κ3) is 5.67. The number of rotatable bonds is 6. The van der Waals surface area contributed by atoms with E-state index in [0.29, 0.717) is 47.0 Å². The quantitative estimate of drug-likeness (QED) is 0.193. The molecule has 0 aliphatic carbocycles. The van der Waals surface area contributed by atoms with Crippen LogP contribution >= 0.6 is 11.8 Å². The highest BCUT2D eigenvalue weighted by Gasteiger charge is 2.36. The van der Waals surface area contributed by atoms with E-state index in [1.54, 1.807) is 28.8 Å². The number of nitrogens with one attached hydrogen (secondary N) is 3. The molecule has 0 bridgehead atoms. The second-order valence-corrected chi connectivity index (χ2v) is 10.6. The topological polar surface area (TPSA) is 112 Å². The third-order valence-electron chi connectivity index (χ3n) is 6.78.